The van der Waals surface area contributed by atoms with Crippen molar-refractivity contribution < 1.29 is 18.9 Å². The molecule has 110 valence electrons. The van der Waals surface area contributed by atoms with Gasteiger partial charge in [0.25, 0.3) is 0 Å². The average molecular weight is 343 g/mol. The molecular weight excluding hydrogens is 324 g/mol. The molecule has 20 heavy (non-hydrogen) atoms. The maximum absolute atomic E-state index is 5.93. The minimum atomic E-state index is 0.217. The molecule has 1 fully saturated rings. The second kappa shape index (κ2) is 6.33. The molecule has 3 rings (SSSR count). The lowest BCUT2D eigenvalue weighted by atomic mass is 9.83. The van der Waals surface area contributed by atoms with Crippen LogP contribution in [-0.4, -0.2) is 31.9 Å². The van der Waals surface area contributed by atoms with Gasteiger partial charge in [0, 0.05) is 24.0 Å². The summed E-state index contributed by atoms with van der Waals surface area (Å²) in [6.45, 7) is 3.34. The molecule has 0 spiro atoms. The van der Waals surface area contributed by atoms with E-state index in [4.69, 9.17) is 18.9 Å². The molecule has 2 heterocycles. The fourth-order valence-electron chi connectivity index (χ4n) is 2.54. The molecule has 0 atom stereocenters. The molecule has 0 N–H and O–H groups in total. The lowest BCUT2D eigenvalue weighted by Gasteiger charge is -2.35. The fourth-order valence-corrected chi connectivity index (χ4v) is 3.26. The predicted octanol–water partition coefficient (Wildman–Crippen LogP) is 3.12. The highest BCUT2D eigenvalue weighted by molar-refractivity contribution is 9.09. The van der Waals surface area contributed by atoms with Crippen molar-refractivity contribution in [3.8, 4) is 11.5 Å². The molecule has 0 unspecified atom stereocenters. The molecule has 0 aliphatic carbocycles. The largest absolute Gasteiger partial charge is 0.454 e. The van der Waals surface area contributed by atoms with Gasteiger partial charge in [0.1, 0.15) is 0 Å². The van der Waals surface area contributed by atoms with Gasteiger partial charge in [-0.2, -0.15) is 0 Å². The summed E-state index contributed by atoms with van der Waals surface area (Å²) in [6.07, 6.45) is 2.11. The van der Waals surface area contributed by atoms with Crippen LogP contribution in [-0.2, 0) is 16.1 Å². The Bertz CT molecular complexity index is 457. The van der Waals surface area contributed by atoms with Crippen LogP contribution < -0.4 is 9.47 Å². The third-order valence-electron chi connectivity index (χ3n) is 3.95. The summed E-state index contributed by atoms with van der Waals surface area (Å²) in [6, 6.07) is 5.96. The summed E-state index contributed by atoms with van der Waals surface area (Å²) in [5.74, 6) is 1.63. The first-order valence-electron chi connectivity index (χ1n) is 6.91. The normalized spacial score (nSPS) is 20.1. The third-order valence-corrected chi connectivity index (χ3v) is 5.14. The Morgan fingerprint density at radius 1 is 1.15 bits per heavy atom. The molecular formula is C15H19BrO4. The second-order valence-electron chi connectivity index (χ2n) is 5.43. The number of hydrogen-bond donors (Lipinski definition) is 0. The Kier molecular flexibility index (Phi) is 4.48. The lowest BCUT2D eigenvalue weighted by molar-refractivity contribution is -0.0311. The number of ether oxygens (including phenoxy) is 4. The smallest absolute Gasteiger partial charge is 0.231 e. The van der Waals surface area contributed by atoms with E-state index in [9.17, 15) is 0 Å². The summed E-state index contributed by atoms with van der Waals surface area (Å²) in [4.78, 5) is 0. The number of alkyl halides is 1. The van der Waals surface area contributed by atoms with Crippen LogP contribution >= 0.6 is 15.9 Å². The van der Waals surface area contributed by atoms with Crippen LogP contribution in [0.25, 0.3) is 0 Å². The van der Waals surface area contributed by atoms with E-state index in [1.54, 1.807) is 0 Å². The quantitative estimate of drug-likeness (QED) is 0.770. The van der Waals surface area contributed by atoms with E-state index in [2.05, 4.69) is 15.9 Å². The lowest BCUT2D eigenvalue weighted by Crippen LogP contribution is -2.35. The van der Waals surface area contributed by atoms with Crippen LogP contribution in [0.1, 0.15) is 18.4 Å². The highest BCUT2D eigenvalue weighted by Gasteiger charge is 2.31. The minimum absolute atomic E-state index is 0.217. The Hall–Kier alpha value is -0.780. The Morgan fingerprint density at radius 2 is 1.95 bits per heavy atom. The molecule has 5 heteroatoms. The van der Waals surface area contributed by atoms with Crippen molar-refractivity contribution >= 4 is 15.9 Å². The van der Waals surface area contributed by atoms with E-state index in [1.165, 1.54) is 0 Å². The van der Waals surface area contributed by atoms with Gasteiger partial charge in [-0.1, -0.05) is 22.0 Å². The zero-order chi connectivity index (χ0) is 13.8. The van der Waals surface area contributed by atoms with E-state index in [0.29, 0.717) is 13.4 Å². The van der Waals surface area contributed by atoms with E-state index >= 15 is 0 Å². The van der Waals surface area contributed by atoms with E-state index in [0.717, 1.165) is 55.1 Å². The van der Waals surface area contributed by atoms with E-state index < -0.39 is 0 Å². The van der Waals surface area contributed by atoms with Gasteiger partial charge >= 0.3 is 0 Å². The molecule has 0 aromatic heterocycles. The van der Waals surface area contributed by atoms with Crippen LogP contribution in [0.3, 0.4) is 0 Å². The van der Waals surface area contributed by atoms with Crippen molar-refractivity contribution in [2.24, 2.45) is 5.41 Å². The number of benzene rings is 1. The summed E-state index contributed by atoms with van der Waals surface area (Å²) in [5.41, 5.74) is 1.33. The topological polar surface area (TPSA) is 36.9 Å². The minimum Gasteiger partial charge on any atom is -0.454 e. The number of halogens is 1. The highest BCUT2D eigenvalue weighted by Crippen LogP contribution is 2.34. The zero-order valence-electron chi connectivity index (χ0n) is 11.4. The van der Waals surface area contributed by atoms with Gasteiger partial charge in [-0.05, 0) is 30.5 Å². The van der Waals surface area contributed by atoms with Crippen molar-refractivity contribution in [1.82, 2.24) is 0 Å². The fraction of sp³-hybridized carbons (Fsp3) is 0.600. The third kappa shape index (κ3) is 3.10. The van der Waals surface area contributed by atoms with Crippen molar-refractivity contribution in [2.75, 3.05) is 31.9 Å². The monoisotopic (exact) mass is 342 g/mol. The van der Waals surface area contributed by atoms with Gasteiger partial charge in [-0.25, -0.2) is 0 Å². The first-order chi connectivity index (χ1) is 9.81. The summed E-state index contributed by atoms with van der Waals surface area (Å²) >= 11 is 3.62. The van der Waals surface area contributed by atoms with Gasteiger partial charge in [0.05, 0.1) is 13.2 Å². The van der Waals surface area contributed by atoms with Gasteiger partial charge < -0.3 is 18.9 Å². The molecule has 0 amide bonds. The maximum atomic E-state index is 5.93. The van der Waals surface area contributed by atoms with Crippen molar-refractivity contribution in [3.63, 3.8) is 0 Å². The van der Waals surface area contributed by atoms with Crippen molar-refractivity contribution in [3.05, 3.63) is 23.8 Å². The van der Waals surface area contributed by atoms with Crippen molar-refractivity contribution in [1.29, 1.82) is 0 Å². The summed E-state index contributed by atoms with van der Waals surface area (Å²) in [5, 5.41) is 0.963. The SMILES string of the molecule is BrCC1(COCc2ccc3c(c2)OCO3)CCOCC1. The predicted molar refractivity (Wildman–Crippen MR) is 78.5 cm³/mol. The van der Waals surface area contributed by atoms with Crippen LogP contribution in [0.4, 0.5) is 0 Å². The number of rotatable bonds is 5. The van der Waals surface area contributed by atoms with E-state index in [1.807, 2.05) is 18.2 Å². The maximum Gasteiger partial charge on any atom is 0.231 e. The van der Waals surface area contributed by atoms with Gasteiger partial charge in [0.2, 0.25) is 6.79 Å². The van der Waals surface area contributed by atoms with Gasteiger partial charge in [-0.15, -0.1) is 0 Å². The molecule has 2 aliphatic rings. The molecule has 4 nitrogen and oxygen atoms in total. The Morgan fingerprint density at radius 3 is 2.75 bits per heavy atom. The molecule has 0 bridgehead atoms. The van der Waals surface area contributed by atoms with Crippen LogP contribution in [0.5, 0.6) is 11.5 Å². The Labute approximate surface area is 127 Å². The van der Waals surface area contributed by atoms with Crippen LogP contribution in [0.15, 0.2) is 18.2 Å². The molecule has 1 aromatic carbocycles. The molecule has 1 saturated heterocycles. The molecule has 1 aromatic rings. The summed E-state index contributed by atoms with van der Waals surface area (Å²) < 4.78 is 22.0. The average Bonchev–Trinajstić information content (AvgIpc) is 2.96. The highest BCUT2D eigenvalue weighted by atomic mass is 79.9. The van der Waals surface area contributed by atoms with Crippen LogP contribution in [0, 0.1) is 5.41 Å². The van der Waals surface area contributed by atoms with Gasteiger partial charge in [0.15, 0.2) is 11.5 Å². The number of fused-ring (bicyclic) bond motifs is 1. The zero-order valence-corrected chi connectivity index (χ0v) is 13.0. The first kappa shape index (κ1) is 14.2. The molecule has 0 saturated carbocycles. The van der Waals surface area contributed by atoms with Crippen LogP contribution in [0.2, 0.25) is 0 Å². The molecule has 0 radical (unpaired) electrons. The standard InChI is InChI=1S/C15H19BrO4/c16-9-15(3-5-17-6-4-15)10-18-8-12-1-2-13-14(7-12)20-11-19-13/h1-2,7H,3-6,8-11H2. The number of hydrogen-bond acceptors (Lipinski definition) is 4. The first-order valence-corrected chi connectivity index (χ1v) is 8.03. The molecule has 2 aliphatic heterocycles. The second-order valence-corrected chi connectivity index (χ2v) is 5.99. The Balaban J connectivity index is 1.54. The van der Waals surface area contributed by atoms with Gasteiger partial charge in [-0.3, -0.25) is 0 Å². The van der Waals surface area contributed by atoms with Crippen molar-refractivity contribution in [2.45, 2.75) is 19.4 Å². The van der Waals surface area contributed by atoms with E-state index in [-0.39, 0.29) is 5.41 Å². The summed E-state index contributed by atoms with van der Waals surface area (Å²) in [7, 11) is 0.